The first-order chi connectivity index (χ1) is 11.6. The van der Waals surface area contributed by atoms with E-state index in [2.05, 4.69) is 10.3 Å². The number of likely N-dealkylation sites (tertiary alicyclic amines) is 1. The number of anilines is 1. The fourth-order valence-electron chi connectivity index (χ4n) is 4.10. The summed E-state index contributed by atoms with van der Waals surface area (Å²) in [5, 5.41) is 12.1. The highest BCUT2D eigenvalue weighted by Crippen LogP contribution is 2.49. The minimum atomic E-state index is -0.551. The van der Waals surface area contributed by atoms with Gasteiger partial charge in [0.05, 0.1) is 11.8 Å². The van der Waals surface area contributed by atoms with Crippen LogP contribution in [0.5, 0.6) is 5.75 Å². The van der Waals surface area contributed by atoms with E-state index >= 15 is 0 Å². The Labute approximate surface area is 138 Å². The minimum Gasteiger partial charge on any atom is -0.504 e. The van der Waals surface area contributed by atoms with Gasteiger partial charge in [-0.15, -0.1) is 0 Å². The van der Waals surface area contributed by atoms with Crippen molar-refractivity contribution in [3.05, 3.63) is 30.5 Å². The third-order valence-electron chi connectivity index (χ3n) is 5.20. The second-order valence-electron chi connectivity index (χ2n) is 6.52. The summed E-state index contributed by atoms with van der Waals surface area (Å²) < 4.78 is 0. The quantitative estimate of drug-likeness (QED) is 0.635. The van der Waals surface area contributed by atoms with Crippen LogP contribution < -0.4 is 5.32 Å². The molecule has 24 heavy (non-hydrogen) atoms. The van der Waals surface area contributed by atoms with Crippen molar-refractivity contribution in [1.82, 2.24) is 9.88 Å². The number of rotatable bonds is 3. The average Bonchev–Trinajstić information content (AvgIpc) is 2.85. The Kier molecular flexibility index (Phi) is 3.37. The number of imide groups is 1. The number of carbonyl (C=O) groups excluding carboxylic acids is 3. The van der Waals surface area contributed by atoms with Crippen LogP contribution in [0.2, 0.25) is 0 Å². The van der Waals surface area contributed by atoms with Crippen molar-refractivity contribution in [2.24, 2.45) is 23.7 Å². The van der Waals surface area contributed by atoms with Crippen LogP contribution in [0, 0.1) is 23.7 Å². The molecule has 0 spiro atoms. The molecule has 2 bridgehead atoms. The SMILES string of the molecule is O=C(CN1C(=O)[C@@H]2[C@@H](C1=O)[C@H]1C=C[C@H]2CC1)Nc1ncccc1O. The van der Waals surface area contributed by atoms with E-state index in [1.54, 1.807) is 0 Å². The number of aromatic nitrogens is 1. The Morgan fingerprint density at radius 2 is 1.83 bits per heavy atom. The van der Waals surface area contributed by atoms with Crippen LogP contribution in [0.15, 0.2) is 30.5 Å². The maximum atomic E-state index is 12.6. The Hall–Kier alpha value is -2.70. The largest absolute Gasteiger partial charge is 0.504 e. The molecule has 3 amide bonds. The normalized spacial score (nSPS) is 30.6. The highest BCUT2D eigenvalue weighted by atomic mass is 16.3. The number of carbonyl (C=O) groups is 3. The molecular formula is C17H17N3O4. The van der Waals surface area contributed by atoms with Crippen molar-refractivity contribution < 1.29 is 19.5 Å². The average molecular weight is 327 g/mol. The maximum absolute atomic E-state index is 12.6. The number of amides is 3. The molecule has 1 aromatic heterocycles. The Balaban J connectivity index is 1.49. The van der Waals surface area contributed by atoms with E-state index in [-0.39, 0.29) is 53.6 Å². The summed E-state index contributed by atoms with van der Waals surface area (Å²) in [6.45, 7) is -0.347. The van der Waals surface area contributed by atoms with E-state index in [1.165, 1.54) is 18.3 Å². The standard InChI is InChI=1S/C17H17N3O4/c21-11-2-1-7-18-15(11)19-12(22)8-20-16(23)13-9-3-4-10(6-5-9)14(13)17(20)24/h1-4,7,9-10,13-14,21H,5-6,8H2,(H,18,19,22)/t9-,10-,13-,14-/m0/s1. The van der Waals surface area contributed by atoms with Gasteiger partial charge < -0.3 is 10.4 Å². The molecule has 0 aromatic carbocycles. The number of hydrogen-bond donors (Lipinski definition) is 2. The Morgan fingerprint density at radius 3 is 2.38 bits per heavy atom. The summed E-state index contributed by atoms with van der Waals surface area (Å²) in [7, 11) is 0. The molecule has 4 atom stereocenters. The van der Waals surface area contributed by atoms with Gasteiger partial charge in [0.25, 0.3) is 0 Å². The van der Waals surface area contributed by atoms with Crippen molar-refractivity contribution >= 4 is 23.5 Å². The zero-order valence-corrected chi connectivity index (χ0v) is 12.9. The predicted octanol–water partition coefficient (Wildman–Crippen LogP) is 0.923. The first kappa shape index (κ1) is 14.9. The molecule has 7 nitrogen and oxygen atoms in total. The van der Waals surface area contributed by atoms with E-state index < -0.39 is 5.91 Å². The van der Waals surface area contributed by atoms with Crippen molar-refractivity contribution in [3.8, 4) is 5.75 Å². The Bertz CT molecular complexity index is 728. The van der Waals surface area contributed by atoms with Crippen molar-refractivity contribution in [1.29, 1.82) is 0 Å². The molecule has 2 fully saturated rings. The van der Waals surface area contributed by atoms with Gasteiger partial charge >= 0.3 is 0 Å². The van der Waals surface area contributed by atoms with Gasteiger partial charge in [0.15, 0.2) is 11.6 Å². The molecule has 2 heterocycles. The van der Waals surface area contributed by atoms with E-state index in [0.717, 1.165) is 17.7 Å². The van der Waals surface area contributed by atoms with Crippen LogP contribution in [-0.4, -0.2) is 39.3 Å². The van der Waals surface area contributed by atoms with Gasteiger partial charge in [-0.25, -0.2) is 4.98 Å². The van der Waals surface area contributed by atoms with Gasteiger partial charge in [-0.1, -0.05) is 12.2 Å². The summed E-state index contributed by atoms with van der Waals surface area (Å²) in [6.07, 6.45) is 7.35. The minimum absolute atomic E-state index is 0.0146. The van der Waals surface area contributed by atoms with Gasteiger partial charge in [-0.05, 0) is 36.8 Å². The van der Waals surface area contributed by atoms with Crippen LogP contribution >= 0.6 is 0 Å². The predicted molar refractivity (Wildman–Crippen MR) is 83.6 cm³/mol. The van der Waals surface area contributed by atoms with Crippen molar-refractivity contribution in [2.75, 3.05) is 11.9 Å². The molecule has 124 valence electrons. The lowest BCUT2D eigenvalue weighted by atomic mass is 9.63. The number of fused-ring (bicyclic) bond motifs is 1. The number of allylic oxidation sites excluding steroid dienone is 2. The summed E-state index contributed by atoms with van der Waals surface area (Å²) >= 11 is 0. The van der Waals surface area contributed by atoms with Gasteiger partial charge in [0.1, 0.15) is 6.54 Å². The monoisotopic (exact) mass is 327 g/mol. The van der Waals surface area contributed by atoms with E-state index in [4.69, 9.17) is 0 Å². The van der Waals surface area contributed by atoms with E-state index in [9.17, 15) is 19.5 Å². The molecular weight excluding hydrogens is 310 g/mol. The summed E-state index contributed by atoms with van der Waals surface area (Å²) in [5.41, 5.74) is 0. The molecule has 1 saturated heterocycles. The highest BCUT2D eigenvalue weighted by Gasteiger charge is 2.56. The lowest BCUT2D eigenvalue weighted by molar-refractivity contribution is -0.142. The Morgan fingerprint density at radius 1 is 1.21 bits per heavy atom. The number of aromatic hydroxyl groups is 1. The number of pyridine rings is 1. The molecule has 0 unspecified atom stereocenters. The second kappa shape index (κ2) is 5.43. The smallest absolute Gasteiger partial charge is 0.245 e. The van der Waals surface area contributed by atoms with E-state index in [1.807, 2.05) is 12.2 Å². The third kappa shape index (κ3) is 2.19. The molecule has 3 aliphatic carbocycles. The lowest BCUT2D eigenvalue weighted by Gasteiger charge is -2.38. The molecule has 1 saturated carbocycles. The first-order valence-corrected chi connectivity index (χ1v) is 8.03. The molecule has 5 rings (SSSR count). The molecule has 1 aromatic rings. The maximum Gasteiger partial charge on any atom is 0.245 e. The van der Waals surface area contributed by atoms with Crippen LogP contribution in [0.3, 0.4) is 0 Å². The zero-order chi connectivity index (χ0) is 16.8. The number of hydrogen-bond acceptors (Lipinski definition) is 5. The molecule has 0 radical (unpaired) electrons. The van der Waals surface area contributed by atoms with Crippen LogP contribution in [0.25, 0.3) is 0 Å². The molecule has 1 aliphatic heterocycles. The fraction of sp³-hybridized carbons (Fsp3) is 0.412. The summed E-state index contributed by atoms with van der Waals surface area (Å²) in [5.74, 6) is -1.66. The number of nitrogens with one attached hydrogen (secondary N) is 1. The number of nitrogens with zero attached hydrogens (tertiary/aromatic N) is 2. The fourth-order valence-corrected chi connectivity index (χ4v) is 4.10. The zero-order valence-electron chi connectivity index (χ0n) is 12.9. The molecule has 4 aliphatic rings. The summed E-state index contributed by atoms with van der Waals surface area (Å²) in [4.78, 5) is 42.3. The van der Waals surface area contributed by atoms with Crippen molar-refractivity contribution in [2.45, 2.75) is 12.8 Å². The second-order valence-corrected chi connectivity index (χ2v) is 6.52. The first-order valence-electron chi connectivity index (χ1n) is 8.03. The van der Waals surface area contributed by atoms with Crippen LogP contribution in [0.4, 0.5) is 5.82 Å². The van der Waals surface area contributed by atoms with Gasteiger partial charge in [-0.3, -0.25) is 19.3 Å². The molecule has 7 heteroatoms. The third-order valence-corrected chi connectivity index (χ3v) is 5.20. The van der Waals surface area contributed by atoms with Crippen LogP contribution in [-0.2, 0) is 14.4 Å². The topological polar surface area (TPSA) is 99.6 Å². The summed E-state index contributed by atoms with van der Waals surface area (Å²) in [6, 6.07) is 2.93. The van der Waals surface area contributed by atoms with E-state index in [0.29, 0.717) is 0 Å². The van der Waals surface area contributed by atoms with Crippen molar-refractivity contribution in [3.63, 3.8) is 0 Å². The van der Waals surface area contributed by atoms with Gasteiger partial charge in [-0.2, -0.15) is 0 Å². The molecule has 2 N–H and O–H groups in total. The van der Waals surface area contributed by atoms with Crippen LogP contribution in [0.1, 0.15) is 12.8 Å². The van der Waals surface area contributed by atoms with Gasteiger partial charge in [0, 0.05) is 6.20 Å². The van der Waals surface area contributed by atoms with Gasteiger partial charge in [0.2, 0.25) is 17.7 Å². The lowest BCUT2D eigenvalue weighted by Crippen LogP contribution is -2.38. The highest BCUT2D eigenvalue weighted by molar-refractivity contribution is 6.09.